The molecular weight excluding hydrogens is 286 g/mol. The molecule has 8 heteroatoms. The number of rotatable bonds is 3. The zero-order chi connectivity index (χ0) is 15.1. The van der Waals surface area contributed by atoms with Crippen molar-refractivity contribution in [2.24, 2.45) is 0 Å². The van der Waals surface area contributed by atoms with Gasteiger partial charge in [0, 0.05) is 13.1 Å². The highest BCUT2D eigenvalue weighted by Crippen LogP contribution is 2.30. The van der Waals surface area contributed by atoms with Gasteiger partial charge in [-0.05, 0) is 26.7 Å². The number of sulfonamides is 1. The number of carboxylic acid groups (broad SMARTS) is 1. The molecule has 112 valence electrons. The van der Waals surface area contributed by atoms with Crippen molar-refractivity contribution in [2.75, 3.05) is 13.1 Å². The highest BCUT2D eigenvalue weighted by molar-refractivity contribution is 7.89. The van der Waals surface area contributed by atoms with Crippen molar-refractivity contribution in [2.45, 2.75) is 37.7 Å². The molecule has 2 N–H and O–H groups in total. The molecule has 2 rings (SSSR count). The van der Waals surface area contributed by atoms with E-state index in [9.17, 15) is 23.4 Å². The van der Waals surface area contributed by atoms with Gasteiger partial charge in [-0.1, -0.05) is 0 Å². The number of furan rings is 1. The second-order valence-corrected chi connectivity index (χ2v) is 6.76. The summed E-state index contributed by atoms with van der Waals surface area (Å²) in [5.74, 6) is -1.22. The number of piperidine rings is 1. The predicted molar refractivity (Wildman–Crippen MR) is 69.1 cm³/mol. The summed E-state index contributed by atoms with van der Waals surface area (Å²) in [5, 5.41) is 18.8. The molecular formula is C12H17NO6S. The molecule has 1 saturated heterocycles. The molecule has 1 aliphatic rings. The van der Waals surface area contributed by atoms with Crippen molar-refractivity contribution < 1.29 is 27.8 Å². The molecule has 0 radical (unpaired) electrons. The minimum absolute atomic E-state index is 0.0228. The van der Waals surface area contributed by atoms with E-state index in [1.165, 1.54) is 13.8 Å². The summed E-state index contributed by atoms with van der Waals surface area (Å²) in [6.45, 7) is 3.08. The first-order valence-electron chi connectivity index (χ1n) is 6.26. The monoisotopic (exact) mass is 303 g/mol. The fourth-order valence-electron chi connectivity index (χ4n) is 2.49. The van der Waals surface area contributed by atoms with Crippen LogP contribution in [0.4, 0.5) is 0 Å². The van der Waals surface area contributed by atoms with Crippen LogP contribution in [0.15, 0.2) is 9.31 Å². The average molecular weight is 303 g/mol. The van der Waals surface area contributed by atoms with Crippen molar-refractivity contribution in [1.82, 2.24) is 4.31 Å². The molecule has 0 aliphatic carbocycles. The first kappa shape index (κ1) is 15.0. The highest BCUT2D eigenvalue weighted by atomic mass is 32.2. The summed E-state index contributed by atoms with van der Waals surface area (Å²) in [6, 6.07) is 0. The number of β-amino-alcohol motifs (C(OH)–C–C–N with tert-alkyl or cyclic N) is 1. The number of carboxylic acids is 1. The van der Waals surface area contributed by atoms with Crippen LogP contribution in [0.25, 0.3) is 0 Å². The van der Waals surface area contributed by atoms with Crippen molar-refractivity contribution in [3.63, 3.8) is 0 Å². The molecule has 2 heterocycles. The van der Waals surface area contributed by atoms with Crippen molar-refractivity contribution in [3.05, 3.63) is 17.1 Å². The van der Waals surface area contributed by atoms with Gasteiger partial charge in [0.15, 0.2) is 0 Å². The second kappa shape index (κ2) is 5.19. The molecule has 0 amide bonds. The number of carbonyl (C=O) groups is 1. The van der Waals surface area contributed by atoms with Crippen LogP contribution in [-0.4, -0.2) is 48.1 Å². The van der Waals surface area contributed by atoms with Gasteiger partial charge >= 0.3 is 5.97 Å². The second-order valence-electron chi connectivity index (χ2n) is 4.88. The number of aromatic carboxylic acids is 1. The fraction of sp³-hybridized carbons (Fsp3) is 0.583. The van der Waals surface area contributed by atoms with Crippen LogP contribution in [0.1, 0.15) is 34.7 Å². The third-order valence-corrected chi connectivity index (χ3v) is 5.40. The Morgan fingerprint density at radius 1 is 1.35 bits per heavy atom. The Kier molecular flexibility index (Phi) is 3.90. The lowest BCUT2D eigenvalue weighted by atomic mass is 10.1. The Hall–Kier alpha value is -1.38. The van der Waals surface area contributed by atoms with E-state index < -0.39 is 22.1 Å². The quantitative estimate of drug-likeness (QED) is 0.852. The third kappa shape index (κ3) is 2.46. The van der Waals surface area contributed by atoms with Crippen molar-refractivity contribution >= 4 is 16.0 Å². The Bertz CT molecular complexity index is 633. The SMILES string of the molecule is Cc1oc(C)c(S(=O)(=O)N2CCC[C@H](O)C2)c1C(=O)O. The number of aliphatic hydroxyl groups is 1. The largest absolute Gasteiger partial charge is 0.478 e. The van der Waals surface area contributed by atoms with Gasteiger partial charge in [-0.3, -0.25) is 0 Å². The standard InChI is InChI=1S/C12H17NO6S/c1-7-10(12(15)16)11(8(2)19-7)20(17,18)13-5-3-4-9(14)6-13/h9,14H,3-6H2,1-2H3,(H,15,16)/t9-/m0/s1. The summed E-state index contributed by atoms with van der Waals surface area (Å²) < 4.78 is 31.4. The lowest BCUT2D eigenvalue weighted by Gasteiger charge is -2.29. The van der Waals surface area contributed by atoms with Crippen LogP contribution in [-0.2, 0) is 10.0 Å². The van der Waals surface area contributed by atoms with E-state index in [-0.39, 0.29) is 35.1 Å². The molecule has 1 aromatic rings. The smallest absolute Gasteiger partial charge is 0.340 e. The molecule has 20 heavy (non-hydrogen) atoms. The van der Waals surface area contributed by atoms with Gasteiger partial charge in [0.05, 0.1) is 6.10 Å². The summed E-state index contributed by atoms with van der Waals surface area (Å²) in [4.78, 5) is 10.9. The van der Waals surface area contributed by atoms with Gasteiger partial charge in [0.25, 0.3) is 0 Å². The van der Waals surface area contributed by atoms with Crippen LogP contribution in [0.5, 0.6) is 0 Å². The van der Waals surface area contributed by atoms with Crippen LogP contribution < -0.4 is 0 Å². The van der Waals surface area contributed by atoms with Crippen molar-refractivity contribution in [1.29, 1.82) is 0 Å². The van der Waals surface area contributed by atoms with E-state index >= 15 is 0 Å². The van der Waals surface area contributed by atoms with Gasteiger partial charge in [-0.25, -0.2) is 13.2 Å². The first-order chi connectivity index (χ1) is 9.25. The maximum Gasteiger partial charge on any atom is 0.340 e. The van der Waals surface area contributed by atoms with Crippen LogP contribution in [0.3, 0.4) is 0 Å². The van der Waals surface area contributed by atoms with Crippen LogP contribution >= 0.6 is 0 Å². The maximum absolute atomic E-state index is 12.6. The predicted octanol–water partition coefficient (Wildman–Crippen LogP) is 0.740. The topological polar surface area (TPSA) is 108 Å². The zero-order valence-corrected chi connectivity index (χ0v) is 12.1. The maximum atomic E-state index is 12.6. The lowest BCUT2D eigenvalue weighted by molar-refractivity contribution is 0.0691. The molecule has 0 unspecified atom stereocenters. The van der Waals surface area contributed by atoms with Crippen molar-refractivity contribution in [3.8, 4) is 0 Å². The zero-order valence-electron chi connectivity index (χ0n) is 11.3. The summed E-state index contributed by atoms with van der Waals surface area (Å²) in [5.41, 5.74) is -0.331. The lowest BCUT2D eigenvalue weighted by Crippen LogP contribution is -2.42. The number of aryl methyl sites for hydroxylation is 2. The first-order valence-corrected chi connectivity index (χ1v) is 7.70. The highest BCUT2D eigenvalue weighted by Gasteiger charge is 2.37. The fourth-order valence-corrected chi connectivity index (χ4v) is 4.38. The normalized spacial score (nSPS) is 21.1. The molecule has 1 atom stereocenters. The number of nitrogens with zero attached hydrogens (tertiary/aromatic N) is 1. The Morgan fingerprint density at radius 2 is 2.00 bits per heavy atom. The Balaban J connectivity index is 2.52. The van der Waals surface area contributed by atoms with Gasteiger partial charge in [-0.15, -0.1) is 0 Å². The summed E-state index contributed by atoms with van der Waals surface area (Å²) >= 11 is 0. The third-order valence-electron chi connectivity index (χ3n) is 3.38. The van der Waals surface area contributed by atoms with E-state index in [4.69, 9.17) is 4.42 Å². The minimum atomic E-state index is -3.98. The van der Waals surface area contributed by atoms with Gasteiger partial charge < -0.3 is 14.6 Å². The molecule has 0 spiro atoms. The van der Waals surface area contributed by atoms with E-state index in [0.29, 0.717) is 12.8 Å². The molecule has 0 aromatic carbocycles. The van der Waals surface area contributed by atoms with Gasteiger partial charge in [-0.2, -0.15) is 4.31 Å². The molecule has 7 nitrogen and oxygen atoms in total. The average Bonchev–Trinajstić information content (AvgIpc) is 2.64. The molecule has 1 fully saturated rings. The summed E-state index contributed by atoms with van der Waals surface area (Å²) in [7, 11) is -3.98. The number of aliphatic hydroxyl groups excluding tert-OH is 1. The molecule has 1 aliphatic heterocycles. The van der Waals surface area contributed by atoms with E-state index in [1.807, 2.05) is 0 Å². The minimum Gasteiger partial charge on any atom is -0.478 e. The molecule has 0 bridgehead atoms. The number of hydrogen-bond donors (Lipinski definition) is 2. The van der Waals surface area contributed by atoms with Crippen LogP contribution in [0.2, 0.25) is 0 Å². The van der Waals surface area contributed by atoms with E-state index in [1.54, 1.807) is 0 Å². The van der Waals surface area contributed by atoms with E-state index in [0.717, 1.165) is 4.31 Å². The Labute approximate surface area is 116 Å². The van der Waals surface area contributed by atoms with Gasteiger partial charge in [0.1, 0.15) is 22.0 Å². The van der Waals surface area contributed by atoms with E-state index in [2.05, 4.69) is 0 Å². The number of hydrogen-bond acceptors (Lipinski definition) is 5. The van der Waals surface area contributed by atoms with Crippen LogP contribution in [0, 0.1) is 13.8 Å². The van der Waals surface area contributed by atoms with Gasteiger partial charge in [0.2, 0.25) is 10.0 Å². The summed E-state index contributed by atoms with van der Waals surface area (Å²) in [6.07, 6.45) is 0.361. The Morgan fingerprint density at radius 3 is 2.55 bits per heavy atom. The molecule has 1 aromatic heterocycles. The molecule has 0 saturated carbocycles.